The van der Waals surface area contributed by atoms with Crippen molar-refractivity contribution in [1.82, 2.24) is 4.98 Å². The molecule has 4 nitrogen and oxygen atoms in total. The van der Waals surface area contributed by atoms with Crippen molar-refractivity contribution in [3.05, 3.63) is 30.5 Å². The minimum atomic E-state index is 0.318. The van der Waals surface area contributed by atoms with Crippen LogP contribution in [-0.4, -0.2) is 31.3 Å². The molecule has 1 saturated heterocycles. The first kappa shape index (κ1) is 12.2. The molecular formula is C15H19N3O. The van der Waals surface area contributed by atoms with Gasteiger partial charge in [0.1, 0.15) is 0 Å². The number of aromatic nitrogens is 1. The van der Waals surface area contributed by atoms with E-state index in [1.807, 2.05) is 12.1 Å². The maximum absolute atomic E-state index is 6.00. The quantitative estimate of drug-likeness (QED) is 0.839. The topological polar surface area (TPSA) is 51.4 Å². The van der Waals surface area contributed by atoms with Crippen molar-refractivity contribution in [2.45, 2.75) is 18.9 Å². The van der Waals surface area contributed by atoms with Crippen LogP contribution in [0.2, 0.25) is 0 Å². The van der Waals surface area contributed by atoms with E-state index in [1.165, 1.54) is 5.69 Å². The number of nitrogens with zero attached hydrogens (tertiary/aromatic N) is 2. The molecule has 1 aliphatic rings. The fourth-order valence-corrected chi connectivity index (χ4v) is 2.80. The van der Waals surface area contributed by atoms with E-state index in [0.29, 0.717) is 6.10 Å². The number of methoxy groups -OCH3 is 1. The molecule has 0 radical (unpaired) electrons. The zero-order valence-corrected chi connectivity index (χ0v) is 11.2. The lowest BCUT2D eigenvalue weighted by Crippen LogP contribution is -2.39. The molecule has 4 heteroatoms. The van der Waals surface area contributed by atoms with Crippen molar-refractivity contribution in [3.8, 4) is 0 Å². The van der Waals surface area contributed by atoms with Gasteiger partial charge in [0.05, 0.1) is 17.3 Å². The van der Waals surface area contributed by atoms with Crippen molar-refractivity contribution in [2.24, 2.45) is 0 Å². The molecule has 0 amide bonds. The third kappa shape index (κ3) is 2.24. The van der Waals surface area contributed by atoms with Crippen LogP contribution in [0, 0.1) is 0 Å². The second-order valence-electron chi connectivity index (χ2n) is 5.02. The third-order valence-electron chi connectivity index (χ3n) is 3.83. The van der Waals surface area contributed by atoms with Gasteiger partial charge in [0.25, 0.3) is 0 Å². The first-order valence-corrected chi connectivity index (χ1v) is 6.70. The number of hydrogen-bond donors (Lipinski definition) is 1. The zero-order chi connectivity index (χ0) is 13.2. The number of pyridine rings is 1. The molecule has 3 rings (SSSR count). The van der Waals surface area contributed by atoms with E-state index in [0.717, 1.165) is 42.5 Å². The van der Waals surface area contributed by atoms with E-state index in [1.54, 1.807) is 13.3 Å². The van der Waals surface area contributed by atoms with Gasteiger partial charge in [-0.15, -0.1) is 0 Å². The van der Waals surface area contributed by atoms with Crippen LogP contribution < -0.4 is 10.6 Å². The largest absolute Gasteiger partial charge is 0.397 e. The standard InChI is InChI=1S/C15H19N3O/c1-19-11-4-3-9-18(10-11)14-7-6-13(16)15-12(14)5-2-8-17-15/h2,5-8,11H,3-4,9-10,16H2,1H3. The molecule has 0 saturated carbocycles. The summed E-state index contributed by atoms with van der Waals surface area (Å²) in [6, 6.07) is 8.09. The molecule has 1 aromatic carbocycles. The highest BCUT2D eigenvalue weighted by Gasteiger charge is 2.21. The Hall–Kier alpha value is -1.81. The van der Waals surface area contributed by atoms with Crippen LogP contribution >= 0.6 is 0 Å². The van der Waals surface area contributed by atoms with Crippen LogP contribution in [0.25, 0.3) is 10.9 Å². The smallest absolute Gasteiger partial charge is 0.0951 e. The van der Waals surface area contributed by atoms with Crippen LogP contribution in [0.1, 0.15) is 12.8 Å². The van der Waals surface area contributed by atoms with E-state index in [2.05, 4.69) is 22.0 Å². The fourth-order valence-electron chi connectivity index (χ4n) is 2.80. The van der Waals surface area contributed by atoms with Crippen LogP contribution in [0.4, 0.5) is 11.4 Å². The number of nitrogens with two attached hydrogens (primary N) is 1. The van der Waals surface area contributed by atoms with Gasteiger partial charge >= 0.3 is 0 Å². The van der Waals surface area contributed by atoms with Crippen molar-refractivity contribution in [3.63, 3.8) is 0 Å². The van der Waals surface area contributed by atoms with Crippen molar-refractivity contribution in [1.29, 1.82) is 0 Å². The van der Waals surface area contributed by atoms with E-state index >= 15 is 0 Å². The SMILES string of the molecule is COC1CCCN(c2ccc(N)c3ncccc23)C1. The van der Waals surface area contributed by atoms with Crippen LogP contribution in [-0.2, 0) is 4.74 Å². The van der Waals surface area contributed by atoms with Gasteiger partial charge in [0, 0.05) is 37.5 Å². The summed E-state index contributed by atoms with van der Waals surface area (Å²) in [7, 11) is 1.79. The Morgan fingerprint density at radius 1 is 1.37 bits per heavy atom. The average Bonchev–Trinajstić information content (AvgIpc) is 2.48. The first-order chi connectivity index (χ1) is 9.29. The van der Waals surface area contributed by atoms with Crippen LogP contribution in [0.5, 0.6) is 0 Å². The Balaban J connectivity index is 2.03. The molecule has 1 aromatic heterocycles. The Morgan fingerprint density at radius 2 is 2.26 bits per heavy atom. The number of rotatable bonds is 2. The molecule has 1 atom stereocenters. The summed E-state index contributed by atoms with van der Waals surface area (Å²) >= 11 is 0. The molecule has 1 aliphatic heterocycles. The summed E-state index contributed by atoms with van der Waals surface area (Å²) in [5.74, 6) is 0. The number of ether oxygens (including phenoxy) is 1. The van der Waals surface area contributed by atoms with Crippen molar-refractivity contribution < 1.29 is 4.74 Å². The number of hydrogen-bond acceptors (Lipinski definition) is 4. The number of nitrogen functional groups attached to an aromatic ring is 1. The first-order valence-electron chi connectivity index (χ1n) is 6.70. The van der Waals surface area contributed by atoms with E-state index in [9.17, 15) is 0 Å². The highest BCUT2D eigenvalue weighted by Crippen LogP contribution is 2.31. The van der Waals surface area contributed by atoms with Gasteiger partial charge in [0.15, 0.2) is 0 Å². The van der Waals surface area contributed by atoms with Gasteiger partial charge < -0.3 is 15.4 Å². The van der Waals surface area contributed by atoms with Gasteiger partial charge in [0.2, 0.25) is 0 Å². The highest BCUT2D eigenvalue weighted by molar-refractivity contribution is 5.98. The van der Waals surface area contributed by atoms with Crippen LogP contribution in [0.3, 0.4) is 0 Å². The van der Waals surface area contributed by atoms with E-state index in [4.69, 9.17) is 10.5 Å². The molecule has 2 aromatic rings. The second kappa shape index (κ2) is 5.05. The molecule has 19 heavy (non-hydrogen) atoms. The van der Waals surface area contributed by atoms with Gasteiger partial charge in [-0.25, -0.2) is 0 Å². The minimum Gasteiger partial charge on any atom is -0.397 e. The average molecular weight is 257 g/mol. The molecule has 0 aliphatic carbocycles. The third-order valence-corrected chi connectivity index (χ3v) is 3.83. The van der Waals surface area contributed by atoms with Gasteiger partial charge in [-0.2, -0.15) is 0 Å². The summed E-state index contributed by atoms with van der Waals surface area (Å²) in [5, 5.41) is 1.12. The fraction of sp³-hybridized carbons (Fsp3) is 0.400. The zero-order valence-electron chi connectivity index (χ0n) is 11.2. The number of benzene rings is 1. The summed E-state index contributed by atoms with van der Waals surface area (Å²) in [6.07, 6.45) is 4.40. The second-order valence-corrected chi connectivity index (χ2v) is 5.02. The molecule has 0 bridgehead atoms. The summed E-state index contributed by atoms with van der Waals surface area (Å²) in [4.78, 5) is 6.77. The number of anilines is 2. The van der Waals surface area contributed by atoms with E-state index in [-0.39, 0.29) is 0 Å². The van der Waals surface area contributed by atoms with Crippen molar-refractivity contribution >= 4 is 22.3 Å². The van der Waals surface area contributed by atoms with Gasteiger partial charge in [-0.1, -0.05) is 0 Å². The normalized spacial score (nSPS) is 19.8. The maximum Gasteiger partial charge on any atom is 0.0951 e. The lowest BCUT2D eigenvalue weighted by Gasteiger charge is -2.34. The predicted molar refractivity (Wildman–Crippen MR) is 78.4 cm³/mol. The predicted octanol–water partition coefficient (Wildman–Crippen LogP) is 2.43. The monoisotopic (exact) mass is 257 g/mol. The number of piperidine rings is 1. The molecule has 1 fully saturated rings. The maximum atomic E-state index is 6.00. The highest BCUT2D eigenvalue weighted by atomic mass is 16.5. The van der Waals surface area contributed by atoms with Gasteiger partial charge in [-0.3, -0.25) is 4.98 Å². The van der Waals surface area contributed by atoms with Gasteiger partial charge in [-0.05, 0) is 37.1 Å². The molecule has 2 N–H and O–H groups in total. The summed E-state index contributed by atoms with van der Waals surface area (Å²) in [5.41, 5.74) is 8.83. The number of fused-ring (bicyclic) bond motifs is 1. The molecule has 0 spiro atoms. The molecule has 100 valence electrons. The Morgan fingerprint density at radius 3 is 3.11 bits per heavy atom. The van der Waals surface area contributed by atoms with Crippen molar-refractivity contribution in [2.75, 3.05) is 30.8 Å². The Bertz CT molecular complexity index is 585. The minimum absolute atomic E-state index is 0.318. The van der Waals surface area contributed by atoms with E-state index < -0.39 is 0 Å². The summed E-state index contributed by atoms with van der Waals surface area (Å²) in [6.45, 7) is 2.00. The van der Waals surface area contributed by atoms with Crippen LogP contribution in [0.15, 0.2) is 30.5 Å². The Kier molecular flexibility index (Phi) is 3.25. The molecule has 2 heterocycles. The summed E-state index contributed by atoms with van der Waals surface area (Å²) < 4.78 is 5.50. The Labute approximate surface area is 113 Å². The molecule has 1 unspecified atom stereocenters. The lowest BCUT2D eigenvalue weighted by molar-refractivity contribution is 0.0894. The lowest BCUT2D eigenvalue weighted by atomic mass is 10.0. The molecular weight excluding hydrogens is 238 g/mol.